The highest BCUT2D eigenvalue weighted by atomic mass is 79.9. The lowest BCUT2D eigenvalue weighted by Crippen LogP contribution is -2.45. The molecule has 1 aromatic rings. The highest BCUT2D eigenvalue weighted by molar-refractivity contribution is 9.10. The maximum Gasteiger partial charge on any atom is 0.328 e. The van der Waals surface area contributed by atoms with Gasteiger partial charge in [-0.15, -0.1) is 0 Å². The first kappa shape index (κ1) is 14.5. The summed E-state index contributed by atoms with van der Waals surface area (Å²) in [4.78, 5) is 22.1. The molecule has 0 aliphatic heterocycles. The van der Waals surface area contributed by atoms with Crippen molar-refractivity contribution in [2.75, 3.05) is 11.9 Å². The Hall–Kier alpha value is -1.60. The summed E-state index contributed by atoms with van der Waals surface area (Å²) in [5.41, 5.74) is 1.40. The second-order valence-corrected chi connectivity index (χ2v) is 4.55. The molecule has 1 atom stereocenters. The first-order valence-corrected chi connectivity index (χ1v) is 5.90. The van der Waals surface area contributed by atoms with Gasteiger partial charge in [0.1, 0.15) is 0 Å². The van der Waals surface area contributed by atoms with Crippen molar-refractivity contribution in [1.82, 2.24) is 5.32 Å². The van der Waals surface area contributed by atoms with E-state index in [9.17, 15) is 9.59 Å². The van der Waals surface area contributed by atoms with Crippen molar-refractivity contribution in [3.05, 3.63) is 28.2 Å². The van der Waals surface area contributed by atoms with Crippen LogP contribution in [0.2, 0.25) is 0 Å². The summed E-state index contributed by atoms with van der Waals surface area (Å²) in [5.74, 6) is -1.29. The fraction of sp³-hybridized carbons (Fsp3) is 0.273. The predicted molar refractivity (Wildman–Crippen MR) is 69.5 cm³/mol. The lowest BCUT2D eigenvalue weighted by Gasteiger charge is -2.13. The van der Waals surface area contributed by atoms with Crippen LogP contribution in [-0.4, -0.2) is 34.9 Å². The van der Waals surface area contributed by atoms with Crippen LogP contribution in [0, 0.1) is 6.92 Å². The average molecular weight is 317 g/mol. The van der Waals surface area contributed by atoms with Gasteiger partial charge >= 0.3 is 12.0 Å². The van der Waals surface area contributed by atoms with Crippen molar-refractivity contribution in [3.8, 4) is 0 Å². The Bertz CT molecular complexity index is 464. The van der Waals surface area contributed by atoms with Gasteiger partial charge in [0.05, 0.1) is 6.61 Å². The molecule has 18 heavy (non-hydrogen) atoms. The first-order chi connectivity index (χ1) is 8.43. The second kappa shape index (κ2) is 6.36. The number of nitrogens with one attached hydrogen (secondary N) is 2. The van der Waals surface area contributed by atoms with Crippen molar-refractivity contribution in [2.45, 2.75) is 13.0 Å². The Balaban J connectivity index is 2.67. The van der Waals surface area contributed by atoms with E-state index in [1.54, 1.807) is 19.1 Å². The van der Waals surface area contributed by atoms with E-state index in [1.165, 1.54) is 0 Å². The SMILES string of the molecule is Cc1cc(Br)ccc1NC(=O)NC(CO)C(=O)O. The molecule has 98 valence electrons. The summed E-state index contributed by atoms with van der Waals surface area (Å²) in [7, 11) is 0. The highest BCUT2D eigenvalue weighted by Gasteiger charge is 2.18. The van der Waals surface area contributed by atoms with E-state index in [0.717, 1.165) is 10.0 Å². The fourth-order valence-electron chi connectivity index (χ4n) is 1.27. The Morgan fingerprint density at radius 1 is 1.44 bits per heavy atom. The summed E-state index contributed by atoms with van der Waals surface area (Å²) in [6.07, 6.45) is 0. The van der Waals surface area contributed by atoms with Crippen molar-refractivity contribution >= 4 is 33.6 Å². The fourth-order valence-corrected chi connectivity index (χ4v) is 1.74. The Morgan fingerprint density at radius 2 is 2.11 bits per heavy atom. The van der Waals surface area contributed by atoms with Crippen LogP contribution >= 0.6 is 15.9 Å². The van der Waals surface area contributed by atoms with Crippen molar-refractivity contribution in [2.24, 2.45) is 0 Å². The number of rotatable bonds is 4. The van der Waals surface area contributed by atoms with Gasteiger partial charge in [0.25, 0.3) is 0 Å². The highest BCUT2D eigenvalue weighted by Crippen LogP contribution is 2.19. The number of hydrogen-bond donors (Lipinski definition) is 4. The zero-order chi connectivity index (χ0) is 13.7. The van der Waals surface area contributed by atoms with E-state index < -0.39 is 24.6 Å². The molecule has 0 spiro atoms. The molecule has 0 aliphatic rings. The molecule has 6 nitrogen and oxygen atoms in total. The molecule has 2 amide bonds. The molecule has 0 bridgehead atoms. The third-order valence-electron chi connectivity index (χ3n) is 2.22. The van der Waals surface area contributed by atoms with E-state index in [1.807, 2.05) is 6.07 Å². The standard InChI is InChI=1S/C11H13BrN2O4/c1-6-4-7(12)2-3-8(6)13-11(18)14-9(5-15)10(16)17/h2-4,9,15H,5H2,1H3,(H,16,17)(H2,13,14,18). The van der Waals surface area contributed by atoms with E-state index in [4.69, 9.17) is 10.2 Å². The van der Waals surface area contributed by atoms with Crippen LogP contribution in [0.25, 0.3) is 0 Å². The number of carboxylic acid groups (broad SMARTS) is 1. The van der Waals surface area contributed by atoms with Crippen molar-refractivity contribution in [3.63, 3.8) is 0 Å². The molecule has 7 heteroatoms. The molecule has 1 rings (SSSR count). The van der Waals surface area contributed by atoms with Crippen molar-refractivity contribution < 1.29 is 19.8 Å². The minimum atomic E-state index is -1.32. The zero-order valence-corrected chi connectivity index (χ0v) is 11.2. The lowest BCUT2D eigenvalue weighted by molar-refractivity contribution is -0.140. The van der Waals surface area contributed by atoms with Gasteiger partial charge in [-0.3, -0.25) is 0 Å². The predicted octanol–water partition coefficient (Wildman–Crippen LogP) is 1.32. The normalized spacial score (nSPS) is 11.7. The van der Waals surface area contributed by atoms with E-state index in [2.05, 4.69) is 26.6 Å². The number of anilines is 1. The third-order valence-corrected chi connectivity index (χ3v) is 2.72. The molecule has 0 saturated heterocycles. The van der Waals surface area contributed by atoms with Gasteiger partial charge in [-0.2, -0.15) is 0 Å². The van der Waals surface area contributed by atoms with Crippen LogP contribution in [0.4, 0.5) is 10.5 Å². The summed E-state index contributed by atoms with van der Waals surface area (Å²) < 4.78 is 0.879. The average Bonchev–Trinajstić information content (AvgIpc) is 2.29. The van der Waals surface area contributed by atoms with Crippen LogP contribution < -0.4 is 10.6 Å². The topological polar surface area (TPSA) is 98.7 Å². The summed E-state index contributed by atoms with van der Waals surface area (Å²) in [5, 5.41) is 22.1. The minimum absolute atomic E-state index is 0.567. The van der Waals surface area contributed by atoms with Gasteiger partial charge in [-0.1, -0.05) is 15.9 Å². The number of carbonyl (C=O) groups is 2. The molecule has 0 fully saturated rings. The number of urea groups is 1. The van der Waals surface area contributed by atoms with Gasteiger partial charge < -0.3 is 20.8 Å². The van der Waals surface area contributed by atoms with Gasteiger partial charge in [-0.25, -0.2) is 9.59 Å². The van der Waals surface area contributed by atoms with Crippen LogP contribution in [0.5, 0.6) is 0 Å². The monoisotopic (exact) mass is 316 g/mol. The number of aryl methyl sites for hydroxylation is 1. The number of carbonyl (C=O) groups excluding carboxylic acids is 1. The third kappa shape index (κ3) is 4.01. The van der Waals surface area contributed by atoms with Crippen LogP contribution in [0.3, 0.4) is 0 Å². The van der Waals surface area contributed by atoms with E-state index in [0.29, 0.717) is 5.69 Å². The number of aliphatic hydroxyl groups excluding tert-OH is 1. The van der Waals surface area contributed by atoms with Gasteiger partial charge in [0.15, 0.2) is 6.04 Å². The lowest BCUT2D eigenvalue weighted by atomic mass is 10.2. The molecule has 4 N–H and O–H groups in total. The molecule has 0 aliphatic carbocycles. The molecule has 0 radical (unpaired) electrons. The number of aliphatic hydroxyl groups is 1. The number of amides is 2. The van der Waals surface area contributed by atoms with Crippen LogP contribution in [-0.2, 0) is 4.79 Å². The Kier molecular flexibility index (Phi) is 5.11. The number of hydrogen-bond acceptors (Lipinski definition) is 3. The van der Waals surface area contributed by atoms with Crippen LogP contribution in [0.1, 0.15) is 5.56 Å². The largest absolute Gasteiger partial charge is 0.480 e. The molecule has 0 heterocycles. The molecular formula is C11H13BrN2O4. The van der Waals surface area contributed by atoms with E-state index >= 15 is 0 Å². The molecule has 0 aromatic heterocycles. The van der Waals surface area contributed by atoms with Crippen LogP contribution in [0.15, 0.2) is 22.7 Å². The van der Waals surface area contributed by atoms with E-state index in [-0.39, 0.29) is 0 Å². The summed E-state index contributed by atoms with van der Waals surface area (Å²) in [6.45, 7) is 1.14. The number of aliphatic carboxylic acids is 1. The first-order valence-electron chi connectivity index (χ1n) is 5.11. The summed E-state index contributed by atoms with van der Waals surface area (Å²) >= 11 is 3.29. The quantitative estimate of drug-likeness (QED) is 0.673. The minimum Gasteiger partial charge on any atom is -0.480 e. The summed E-state index contributed by atoms with van der Waals surface area (Å²) in [6, 6.07) is 3.26. The maximum absolute atomic E-state index is 11.5. The number of benzene rings is 1. The molecule has 1 aromatic carbocycles. The van der Waals surface area contributed by atoms with Gasteiger partial charge in [-0.05, 0) is 30.7 Å². The molecule has 0 saturated carbocycles. The number of carboxylic acids is 1. The Morgan fingerprint density at radius 3 is 2.61 bits per heavy atom. The smallest absolute Gasteiger partial charge is 0.328 e. The number of halogens is 1. The molecule has 1 unspecified atom stereocenters. The molecular weight excluding hydrogens is 304 g/mol. The Labute approximate surface area is 112 Å². The second-order valence-electron chi connectivity index (χ2n) is 3.63. The maximum atomic E-state index is 11.5. The van der Waals surface area contributed by atoms with Gasteiger partial charge in [0.2, 0.25) is 0 Å². The van der Waals surface area contributed by atoms with Gasteiger partial charge in [0, 0.05) is 10.2 Å². The van der Waals surface area contributed by atoms with Crippen molar-refractivity contribution in [1.29, 1.82) is 0 Å². The zero-order valence-electron chi connectivity index (χ0n) is 9.61.